The summed E-state index contributed by atoms with van der Waals surface area (Å²) in [7, 11) is 0. The average Bonchev–Trinajstić information content (AvgIpc) is 2.38. The van der Waals surface area contributed by atoms with E-state index in [1.54, 1.807) is 4.90 Å². The molecule has 0 aromatic carbocycles. The molecule has 1 aromatic rings. The average molecular weight is 280 g/mol. The van der Waals surface area contributed by atoms with Crippen LogP contribution in [-0.2, 0) is 12.1 Å². The van der Waals surface area contributed by atoms with Crippen LogP contribution < -0.4 is 4.90 Å². The largest absolute Gasteiger partial charge is 0.433 e. The number of hydrogen-bond donors (Lipinski definition) is 0. The zero-order valence-corrected chi connectivity index (χ0v) is 10.4. The van der Waals surface area contributed by atoms with Crippen LogP contribution in [0.1, 0.15) is 30.5 Å². The third-order valence-corrected chi connectivity index (χ3v) is 3.19. The zero-order valence-electron chi connectivity index (χ0n) is 9.67. The Labute approximate surface area is 108 Å². The van der Waals surface area contributed by atoms with E-state index < -0.39 is 11.9 Å². The summed E-state index contributed by atoms with van der Waals surface area (Å²) in [5.74, 6) is -0.0920. The van der Waals surface area contributed by atoms with Gasteiger partial charge >= 0.3 is 6.18 Å². The van der Waals surface area contributed by atoms with Gasteiger partial charge < -0.3 is 4.90 Å². The minimum atomic E-state index is -4.49. The Bertz CT molecular complexity index is 416. The maximum absolute atomic E-state index is 12.8. The fraction of sp³-hybridized carbons (Fsp3) is 0.636. The molecule has 1 aliphatic rings. The summed E-state index contributed by atoms with van der Waals surface area (Å²) in [6.45, 7) is 1.41. The van der Waals surface area contributed by atoms with E-state index in [9.17, 15) is 13.2 Å². The first kappa shape index (κ1) is 13.4. The van der Waals surface area contributed by atoms with Crippen LogP contribution in [0.3, 0.4) is 0 Å². The number of anilines is 1. The van der Waals surface area contributed by atoms with E-state index in [1.807, 2.05) is 0 Å². The molecule has 7 heteroatoms. The molecular weight excluding hydrogens is 267 g/mol. The molecule has 0 atom stereocenters. The second-order valence-electron chi connectivity index (χ2n) is 4.22. The van der Waals surface area contributed by atoms with Gasteiger partial charge in [-0.3, -0.25) is 0 Å². The predicted molar refractivity (Wildman–Crippen MR) is 62.7 cm³/mol. The molecular formula is C11H13ClF3N3. The van der Waals surface area contributed by atoms with Gasteiger partial charge in [-0.15, -0.1) is 11.6 Å². The molecule has 2 heterocycles. The Balaban J connectivity index is 2.33. The second-order valence-corrected chi connectivity index (χ2v) is 4.49. The summed E-state index contributed by atoms with van der Waals surface area (Å²) in [6.07, 6.45) is -0.295. The highest BCUT2D eigenvalue weighted by Gasteiger charge is 2.36. The lowest BCUT2D eigenvalue weighted by Crippen LogP contribution is -2.31. The fourth-order valence-corrected chi connectivity index (χ4v) is 2.18. The number of hydrogen-bond acceptors (Lipinski definition) is 3. The first-order chi connectivity index (χ1) is 8.52. The molecule has 2 rings (SSSR count). The highest BCUT2D eigenvalue weighted by molar-refractivity contribution is 6.17. The normalized spacial score (nSPS) is 17.0. The molecule has 0 saturated carbocycles. The van der Waals surface area contributed by atoms with Gasteiger partial charge in [0.15, 0.2) is 5.69 Å². The lowest BCUT2D eigenvalue weighted by Gasteiger charge is -2.27. The van der Waals surface area contributed by atoms with Crippen molar-refractivity contribution < 1.29 is 13.2 Å². The monoisotopic (exact) mass is 279 g/mol. The van der Waals surface area contributed by atoms with Crippen molar-refractivity contribution in [1.82, 2.24) is 9.97 Å². The quantitative estimate of drug-likeness (QED) is 0.779. The molecule has 0 N–H and O–H groups in total. The summed E-state index contributed by atoms with van der Waals surface area (Å²) in [6, 6.07) is 0. The van der Waals surface area contributed by atoms with Crippen LogP contribution in [0, 0.1) is 0 Å². The van der Waals surface area contributed by atoms with Gasteiger partial charge in [0.05, 0.1) is 5.88 Å². The van der Waals surface area contributed by atoms with Crippen LogP contribution in [0.5, 0.6) is 0 Å². The number of aromatic nitrogens is 2. The van der Waals surface area contributed by atoms with Crippen LogP contribution in [0.15, 0.2) is 6.20 Å². The van der Waals surface area contributed by atoms with Crippen LogP contribution in [-0.4, -0.2) is 23.1 Å². The van der Waals surface area contributed by atoms with Gasteiger partial charge in [0, 0.05) is 24.8 Å². The maximum atomic E-state index is 12.8. The molecule has 18 heavy (non-hydrogen) atoms. The number of nitrogens with zero attached hydrogens (tertiary/aromatic N) is 3. The number of piperidine rings is 1. The summed E-state index contributed by atoms with van der Waals surface area (Å²) >= 11 is 5.48. The van der Waals surface area contributed by atoms with Crippen molar-refractivity contribution in [2.24, 2.45) is 0 Å². The van der Waals surface area contributed by atoms with E-state index in [-0.39, 0.29) is 17.4 Å². The molecule has 0 amide bonds. The summed E-state index contributed by atoms with van der Waals surface area (Å²) in [5, 5.41) is 0. The molecule has 0 spiro atoms. The molecule has 100 valence electrons. The Kier molecular flexibility index (Phi) is 3.94. The zero-order chi connectivity index (χ0) is 13.2. The van der Waals surface area contributed by atoms with Gasteiger partial charge in [0.2, 0.25) is 5.95 Å². The van der Waals surface area contributed by atoms with E-state index in [0.717, 1.165) is 19.3 Å². The van der Waals surface area contributed by atoms with Gasteiger partial charge in [0.25, 0.3) is 0 Å². The lowest BCUT2D eigenvalue weighted by atomic mass is 10.1. The first-order valence-corrected chi connectivity index (χ1v) is 6.30. The van der Waals surface area contributed by atoms with E-state index in [1.165, 1.54) is 6.20 Å². The van der Waals surface area contributed by atoms with E-state index in [0.29, 0.717) is 13.1 Å². The molecule has 1 aliphatic heterocycles. The second kappa shape index (κ2) is 5.30. The fourth-order valence-electron chi connectivity index (χ4n) is 1.99. The standard InChI is InChI=1S/C11H13ClF3N3/c12-6-8-7-16-10(17-9(8)11(13,14)15)18-4-2-1-3-5-18/h7H,1-6H2. The highest BCUT2D eigenvalue weighted by atomic mass is 35.5. The third kappa shape index (κ3) is 2.85. The van der Waals surface area contributed by atoms with E-state index in [4.69, 9.17) is 11.6 Å². The number of alkyl halides is 4. The molecule has 0 bridgehead atoms. The molecule has 0 aliphatic carbocycles. The number of halogens is 4. The lowest BCUT2D eigenvalue weighted by molar-refractivity contribution is -0.141. The van der Waals surface area contributed by atoms with Gasteiger partial charge in [-0.2, -0.15) is 13.2 Å². The van der Waals surface area contributed by atoms with Gasteiger partial charge in [-0.05, 0) is 19.3 Å². The smallest absolute Gasteiger partial charge is 0.341 e. The topological polar surface area (TPSA) is 29.0 Å². The van der Waals surface area contributed by atoms with Crippen molar-refractivity contribution in [3.63, 3.8) is 0 Å². The Hall–Kier alpha value is -1.04. The summed E-state index contributed by atoms with van der Waals surface area (Å²) in [5.41, 5.74) is -1.00. The van der Waals surface area contributed by atoms with Crippen molar-refractivity contribution in [3.05, 3.63) is 17.5 Å². The Morgan fingerprint density at radius 1 is 1.22 bits per heavy atom. The van der Waals surface area contributed by atoms with Crippen molar-refractivity contribution in [1.29, 1.82) is 0 Å². The number of rotatable bonds is 2. The van der Waals surface area contributed by atoms with Crippen molar-refractivity contribution in [3.8, 4) is 0 Å². The van der Waals surface area contributed by atoms with Crippen LogP contribution in [0.25, 0.3) is 0 Å². The van der Waals surface area contributed by atoms with Gasteiger partial charge in [-0.25, -0.2) is 9.97 Å². The van der Waals surface area contributed by atoms with E-state index in [2.05, 4.69) is 9.97 Å². The van der Waals surface area contributed by atoms with Gasteiger partial charge in [-0.1, -0.05) is 0 Å². The Morgan fingerprint density at radius 3 is 2.44 bits per heavy atom. The van der Waals surface area contributed by atoms with Crippen molar-refractivity contribution >= 4 is 17.5 Å². The maximum Gasteiger partial charge on any atom is 0.433 e. The predicted octanol–water partition coefficient (Wildman–Crippen LogP) is 3.22. The third-order valence-electron chi connectivity index (χ3n) is 2.90. The Morgan fingerprint density at radius 2 is 1.89 bits per heavy atom. The van der Waals surface area contributed by atoms with Crippen LogP contribution in [0.2, 0.25) is 0 Å². The van der Waals surface area contributed by atoms with E-state index >= 15 is 0 Å². The molecule has 0 unspecified atom stereocenters. The van der Waals surface area contributed by atoms with Gasteiger partial charge in [0.1, 0.15) is 0 Å². The molecule has 0 radical (unpaired) electrons. The first-order valence-electron chi connectivity index (χ1n) is 5.76. The minimum absolute atomic E-state index is 0.0788. The van der Waals surface area contributed by atoms with Crippen LogP contribution in [0.4, 0.5) is 19.1 Å². The molecule has 1 fully saturated rings. The molecule has 1 aromatic heterocycles. The minimum Gasteiger partial charge on any atom is -0.341 e. The molecule has 3 nitrogen and oxygen atoms in total. The highest BCUT2D eigenvalue weighted by Crippen LogP contribution is 2.32. The summed E-state index contributed by atoms with van der Waals surface area (Å²) in [4.78, 5) is 9.41. The van der Waals surface area contributed by atoms with Crippen molar-refractivity contribution in [2.75, 3.05) is 18.0 Å². The van der Waals surface area contributed by atoms with Crippen molar-refractivity contribution in [2.45, 2.75) is 31.3 Å². The molecule has 1 saturated heterocycles. The SMILES string of the molecule is FC(F)(F)c1nc(N2CCCCC2)ncc1CCl. The van der Waals surface area contributed by atoms with Crippen LogP contribution >= 0.6 is 11.6 Å². The summed E-state index contributed by atoms with van der Waals surface area (Å²) < 4.78 is 38.4.